The molecule has 0 spiro atoms. The van der Waals surface area contributed by atoms with Gasteiger partial charge in [0, 0.05) is 25.2 Å². The smallest absolute Gasteiger partial charge is 0.250 e. The molecule has 12 heteroatoms. The van der Waals surface area contributed by atoms with Crippen LogP contribution in [0.15, 0.2) is 0 Å². The first-order valence-electron chi connectivity index (χ1n) is 9.87. The molecule has 10 atom stereocenters. The predicted molar refractivity (Wildman–Crippen MR) is 100 cm³/mol. The van der Waals surface area contributed by atoms with E-state index in [0.29, 0.717) is 6.54 Å². The van der Waals surface area contributed by atoms with Gasteiger partial charge in [0.1, 0.15) is 36.6 Å². The van der Waals surface area contributed by atoms with Crippen molar-refractivity contribution in [1.82, 2.24) is 10.6 Å². The van der Waals surface area contributed by atoms with Crippen molar-refractivity contribution in [2.75, 3.05) is 19.6 Å². The van der Waals surface area contributed by atoms with Gasteiger partial charge >= 0.3 is 0 Å². The molecule has 0 aromatic carbocycles. The third kappa shape index (κ3) is 6.04. The van der Waals surface area contributed by atoms with Crippen LogP contribution in [0, 0.1) is 0 Å². The molecule has 0 bridgehead atoms. The summed E-state index contributed by atoms with van der Waals surface area (Å²) in [5.74, 6) is -0.648. The highest BCUT2D eigenvalue weighted by molar-refractivity contribution is 5.81. The van der Waals surface area contributed by atoms with Crippen LogP contribution in [0.1, 0.15) is 19.8 Å². The minimum atomic E-state index is -1.53. The van der Waals surface area contributed by atoms with Crippen LogP contribution < -0.4 is 22.1 Å². The van der Waals surface area contributed by atoms with Gasteiger partial charge in [0.05, 0.1) is 6.10 Å². The SMILES string of the molecule is CCNC[C@H]1O[C@H](OC2[C@H](O)C[C@H](NC(=O)[C@@H](O)CN)C[C@@H]2N)[C@H](O)[C@@H](O)[C@@H]1O. The minimum Gasteiger partial charge on any atom is -0.390 e. The number of nitrogens with two attached hydrogens (primary N) is 2. The number of hydrogen-bond acceptors (Lipinski definition) is 11. The lowest BCUT2D eigenvalue weighted by atomic mass is 9.86. The average molecular weight is 422 g/mol. The Hall–Kier alpha value is -0.930. The Morgan fingerprint density at radius 3 is 2.48 bits per heavy atom. The Labute approximate surface area is 169 Å². The molecule has 11 N–H and O–H groups in total. The largest absolute Gasteiger partial charge is 0.390 e. The first-order valence-corrected chi connectivity index (χ1v) is 9.87. The van der Waals surface area contributed by atoms with Gasteiger partial charge in [0.15, 0.2) is 6.29 Å². The third-order valence-electron chi connectivity index (χ3n) is 5.31. The van der Waals surface area contributed by atoms with Gasteiger partial charge in [-0.15, -0.1) is 0 Å². The average Bonchev–Trinajstić information content (AvgIpc) is 2.68. The van der Waals surface area contributed by atoms with E-state index in [2.05, 4.69) is 10.6 Å². The molecule has 170 valence electrons. The molecule has 0 aromatic rings. The zero-order chi connectivity index (χ0) is 21.7. The molecule has 29 heavy (non-hydrogen) atoms. The van der Waals surface area contributed by atoms with E-state index in [1.165, 1.54) is 0 Å². The molecule has 2 aliphatic rings. The Balaban J connectivity index is 1.97. The van der Waals surface area contributed by atoms with Crippen LogP contribution in [-0.2, 0) is 14.3 Å². The fraction of sp³-hybridized carbons (Fsp3) is 0.941. The summed E-state index contributed by atoms with van der Waals surface area (Å²) in [6.07, 6.45) is -9.44. The second-order valence-electron chi connectivity index (χ2n) is 7.58. The molecule has 2 rings (SSSR count). The molecular weight excluding hydrogens is 388 g/mol. The second-order valence-corrected chi connectivity index (χ2v) is 7.58. The number of hydrogen-bond donors (Lipinski definition) is 9. The van der Waals surface area contributed by atoms with Crippen molar-refractivity contribution in [3.63, 3.8) is 0 Å². The number of likely N-dealkylation sites (N-methyl/N-ethyl adjacent to an activating group) is 1. The summed E-state index contributed by atoms with van der Waals surface area (Å²) in [5, 5.41) is 55.9. The quantitative estimate of drug-likeness (QED) is 0.181. The summed E-state index contributed by atoms with van der Waals surface area (Å²) in [4.78, 5) is 11.8. The Morgan fingerprint density at radius 1 is 1.21 bits per heavy atom. The molecule has 0 aromatic heterocycles. The van der Waals surface area contributed by atoms with Gasteiger partial charge in [-0.1, -0.05) is 6.92 Å². The van der Waals surface area contributed by atoms with Crippen LogP contribution in [0.2, 0.25) is 0 Å². The molecule has 2 fully saturated rings. The number of aliphatic hydroxyl groups excluding tert-OH is 5. The molecule has 0 radical (unpaired) electrons. The third-order valence-corrected chi connectivity index (χ3v) is 5.31. The molecule has 1 aliphatic heterocycles. The maximum Gasteiger partial charge on any atom is 0.250 e. The van der Waals surface area contributed by atoms with Gasteiger partial charge in [-0.25, -0.2) is 0 Å². The number of carbonyl (C=O) groups is 1. The summed E-state index contributed by atoms with van der Waals surface area (Å²) >= 11 is 0. The summed E-state index contributed by atoms with van der Waals surface area (Å²) in [7, 11) is 0. The summed E-state index contributed by atoms with van der Waals surface area (Å²) in [6, 6.07) is -1.20. The topological polar surface area (TPSA) is 213 Å². The second kappa shape index (κ2) is 10.9. The monoisotopic (exact) mass is 422 g/mol. The fourth-order valence-corrected chi connectivity index (χ4v) is 3.62. The van der Waals surface area contributed by atoms with Crippen LogP contribution in [0.3, 0.4) is 0 Å². The van der Waals surface area contributed by atoms with Crippen molar-refractivity contribution >= 4 is 5.91 Å². The van der Waals surface area contributed by atoms with Gasteiger partial charge in [0.2, 0.25) is 5.91 Å². The van der Waals surface area contributed by atoms with E-state index in [1.54, 1.807) is 0 Å². The van der Waals surface area contributed by atoms with Crippen LogP contribution in [-0.4, -0.2) is 112 Å². The van der Waals surface area contributed by atoms with Crippen molar-refractivity contribution < 1.29 is 39.8 Å². The Morgan fingerprint density at radius 2 is 1.90 bits per heavy atom. The summed E-state index contributed by atoms with van der Waals surface area (Å²) < 4.78 is 11.3. The molecule has 1 heterocycles. The van der Waals surface area contributed by atoms with Crippen molar-refractivity contribution in [2.45, 2.75) is 80.9 Å². The summed E-state index contributed by atoms with van der Waals surface area (Å²) in [5.41, 5.74) is 11.3. The van der Waals surface area contributed by atoms with Gasteiger partial charge in [-0.05, 0) is 19.4 Å². The Kier molecular flexibility index (Phi) is 9.15. The van der Waals surface area contributed by atoms with E-state index in [-0.39, 0.29) is 25.9 Å². The highest BCUT2D eigenvalue weighted by Gasteiger charge is 2.47. The standard InChI is InChI=1S/C17H34N4O8/c1-2-20-6-11-12(24)13(25)14(26)17(28-11)29-15-8(19)3-7(4-9(15)22)21-16(27)10(23)5-18/h7-15,17,20,22-26H,2-6,18-19H2,1H3,(H,21,27)/t7-,8+,9-,10+,11-,12-,13+,14-,15?,17-/m1/s1. The zero-order valence-electron chi connectivity index (χ0n) is 16.4. The molecule has 1 saturated heterocycles. The molecule has 1 amide bonds. The van der Waals surface area contributed by atoms with E-state index < -0.39 is 67.0 Å². The molecule has 1 aliphatic carbocycles. The first kappa shape index (κ1) is 24.3. The van der Waals surface area contributed by atoms with Gasteiger partial charge in [0.25, 0.3) is 0 Å². The minimum absolute atomic E-state index is 0.107. The van der Waals surface area contributed by atoms with E-state index >= 15 is 0 Å². The number of ether oxygens (including phenoxy) is 2. The lowest BCUT2D eigenvalue weighted by Crippen LogP contribution is -2.63. The van der Waals surface area contributed by atoms with Crippen molar-refractivity contribution in [2.24, 2.45) is 11.5 Å². The summed E-state index contributed by atoms with van der Waals surface area (Å²) in [6.45, 7) is 2.50. The van der Waals surface area contributed by atoms with Crippen molar-refractivity contribution in [3.8, 4) is 0 Å². The Bertz CT molecular complexity index is 518. The fourth-order valence-electron chi connectivity index (χ4n) is 3.62. The lowest BCUT2D eigenvalue weighted by Gasteiger charge is -2.44. The molecule has 1 unspecified atom stereocenters. The first-order chi connectivity index (χ1) is 13.7. The number of rotatable bonds is 8. The highest BCUT2D eigenvalue weighted by atomic mass is 16.7. The number of carbonyl (C=O) groups excluding carboxylic acids is 1. The van der Waals surface area contributed by atoms with Crippen molar-refractivity contribution in [1.29, 1.82) is 0 Å². The number of aliphatic hydroxyl groups is 5. The van der Waals surface area contributed by atoms with E-state index in [0.717, 1.165) is 0 Å². The number of amides is 1. The van der Waals surface area contributed by atoms with Crippen LogP contribution in [0.25, 0.3) is 0 Å². The molecular formula is C17H34N4O8. The van der Waals surface area contributed by atoms with Crippen molar-refractivity contribution in [3.05, 3.63) is 0 Å². The van der Waals surface area contributed by atoms with Crippen LogP contribution >= 0.6 is 0 Å². The molecule has 1 saturated carbocycles. The lowest BCUT2D eigenvalue weighted by molar-refractivity contribution is -0.315. The van der Waals surface area contributed by atoms with E-state index in [1.807, 2.05) is 6.92 Å². The van der Waals surface area contributed by atoms with Crippen LogP contribution in [0.5, 0.6) is 0 Å². The highest BCUT2D eigenvalue weighted by Crippen LogP contribution is 2.28. The van der Waals surface area contributed by atoms with Gasteiger partial charge < -0.3 is 57.1 Å². The van der Waals surface area contributed by atoms with Crippen LogP contribution in [0.4, 0.5) is 0 Å². The normalized spacial score (nSPS) is 41.7. The van der Waals surface area contributed by atoms with E-state index in [9.17, 15) is 30.3 Å². The van der Waals surface area contributed by atoms with Gasteiger partial charge in [-0.2, -0.15) is 0 Å². The van der Waals surface area contributed by atoms with E-state index in [4.69, 9.17) is 20.9 Å². The van der Waals surface area contributed by atoms with Gasteiger partial charge in [-0.3, -0.25) is 4.79 Å². The molecule has 12 nitrogen and oxygen atoms in total. The number of nitrogens with one attached hydrogen (secondary N) is 2. The maximum absolute atomic E-state index is 11.8. The predicted octanol–water partition coefficient (Wildman–Crippen LogP) is -4.92. The maximum atomic E-state index is 11.8. The zero-order valence-corrected chi connectivity index (χ0v) is 16.4.